The summed E-state index contributed by atoms with van der Waals surface area (Å²) in [4.78, 5) is 2.18. The van der Waals surface area contributed by atoms with Crippen LogP contribution >= 0.6 is 15.9 Å². The number of nitrogens with one attached hydrogen (secondary N) is 1. The first-order chi connectivity index (χ1) is 12.0. The first-order valence-electron chi connectivity index (χ1n) is 8.66. The van der Waals surface area contributed by atoms with Gasteiger partial charge in [0.1, 0.15) is 5.84 Å². The molecule has 0 aliphatic carbocycles. The van der Waals surface area contributed by atoms with Crippen LogP contribution in [0.25, 0.3) is 10.8 Å². The number of anilines is 1. The van der Waals surface area contributed by atoms with Gasteiger partial charge < -0.3 is 4.90 Å². The first kappa shape index (κ1) is 16.3. The highest BCUT2D eigenvalue weighted by atomic mass is 79.9. The molecule has 1 heterocycles. The maximum Gasteiger partial charge on any atom is 0.105 e. The molecule has 1 unspecified atom stereocenters. The maximum absolute atomic E-state index is 8.66. The zero-order valence-electron chi connectivity index (χ0n) is 14.5. The molecule has 3 heteroatoms. The molecule has 1 atom stereocenters. The van der Waals surface area contributed by atoms with E-state index >= 15 is 0 Å². The van der Waals surface area contributed by atoms with E-state index in [0.29, 0.717) is 18.2 Å². The summed E-state index contributed by atoms with van der Waals surface area (Å²) in [6, 6.07) is 19.2. The molecule has 0 aromatic heterocycles. The van der Waals surface area contributed by atoms with Crippen LogP contribution in [0.3, 0.4) is 0 Å². The second kappa shape index (κ2) is 6.30. The monoisotopic (exact) mass is 392 g/mol. The molecule has 1 aliphatic heterocycles. The van der Waals surface area contributed by atoms with Gasteiger partial charge in [0.2, 0.25) is 0 Å². The molecule has 4 rings (SSSR count). The minimum Gasteiger partial charge on any atom is -0.329 e. The van der Waals surface area contributed by atoms with E-state index in [0.717, 1.165) is 11.0 Å². The second-order valence-electron chi connectivity index (χ2n) is 6.95. The molecular weight excluding hydrogens is 372 g/mol. The Kier molecular flexibility index (Phi) is 4.12. The number of benzene rings is 3. The van der Waals surface area contributed by atoms with Crippen molar-refractivity contribution in [1.82, 2.24) is 0 Å². The number of hydrogen-bond donors (Lipinski definition) is 1. The number of hydrogen-bond acceptors (Lipinski definition) is 1. The molecule has 1 N–H and O–H groups in total. The lowest BCUT2D eigenvalue weighted by atomic mass is 9.96. The van der Waals surface area contributed by atoms with Crippen LogP contribution in [0.1, 0.15) is 29.5 Å². The third-order valence-electron chi connectivity index (χ3n) is 5.08. The average molecular weight is 393 g/mol. The molecule has 2 nitrogen and oxygen atoms in total. The van der Waals surface area contributed by atoms with Gasteiger partial charge in [-0.1, -0.05) is 70.9 Å². The molecule has 0 radical (unpaired) electrons. The number of halogens is 1. The fraction of sp³-hybridized carbons (Fsp3) is 0.227. The summed E-state index contributed by atoms with van der Waals surface area (Å²) in [6.07, 6.45) is 0.670. The average Bonchev–Trinajstić information content (AvgIpc) is 2.95. The molecule has 126 valence electrons. The Labute approximate surface area is 157 Å². The Morgan fingerprint density at radius 2 is 1.84 bits per heavy atom. The summed E-state index contributed by atoms with van der Waals surface area (Å²) < 4.78 is 1.13. The first-order valence-corrected chi connectivity index (χ1v) is 9.45. The van der Waals surface area contributed by atoms with Gasteiger partial charge in [-0.2, -0.15) is 0 Å². The van der Waals surface area contributed by atoms with Gasteiger partial charge in [0.25, 0.3) is 0 Å². The standard InChI is InChI=1S/C22H21BrN2/c1-14-6-8-16(9-7-14)12-21(24)25-13-15(2)22-18-4-3-5-19(23)17(18)10-11-20(22)25/h3-11,15,24H,12-13H2,1-2H3. The fourth-order valence-corrected chi connectivity index (χ4v) is 4.30. The minimum atomic E-state index is 0.423. The van der Waals surface area contributed by atoms with Gasteiger partial charge in [-0.25, -0.2) is 0 Å². The van der Waals surface area contributed by atoms with E-state index in [9.17, 15) is 0 Å². The topological polar surface area (TPSA) is 27.1 Å². The van der Waals surface area contributed by atoms with Crippen molar-refractivity contribution >= 4 is 38.2 Å². The van der Waals surface area contributed by atoms with Crippen LogP contribution in [0.15, 0.2) is 59.1 Å². The van der Waals surface area contributed by atoms with Gasteiger partial charge in [0.15, 0.2) is 0 Å². The van der Waals surface area contributed by atoms with Crippen LogP contribution < -0.4 is 4.90 Å². The Morgan fingerprint density at radius 1 is 1.08 bits per heavy atom. The number of nitrogens with zero attached hydrogens (tertiary/aromatic N) is 1. The lowest BCUT2D eigenvalue weighted by Crippen LogP contribution is -2.30. The Bertz CT molecular complexity index is 960. The molecule has 3 aromatic rings. The SMILES string of the molecule is Cc1ccc(CC(=N)N2CC(C)c3c2ccc2c(Br)cccc32)cc1. The van der Waals surface area contributed by atoms with E-state index in [-0.39, 0.29) is 0 Å². The zero-order valence-corrected chi connectivity index (χ0v) is 16.1. The molecule has 25 heavy (non-hydrogen) atoms. The van der Waals surface area contributed by atoms with Gasteiger partial charge >= 0.3 is 0 Å². The van der Waals surface area contributed by atoms with Crippen molar-refractivity contribution in [3.05, 3.63) is 75.8 Å². The molecule has 0 bridgehead atoms. The maximum atomic E-state index is 8.66. The van der Waals surface area contributed by atoms with Crippen molar-refractivity contribution in [1.29, 1.82) is 5.41 Å². The van der Waals surface area contributed by atoms with Crippen LogP contribution in [0.2, 0.25) is 0 Å². The van der Waals surface area contributed by atoms with E-state index in [1.807, 2.05) is 0 Å². The van der Waals surface area contributed by atoms with Crippen molar-refractivity contribution in [3.8, 4) is 0 Å². The van der Waals surface area contributed by atoms with Crippen molar-refractivity contribution in [2.45, 2.75) is 26.2 Å². The van der Waals surface area contributed by atoms with E-state index in [4.69, 9.17) is 5.41 Å². The van der Waals surface area contributed by atoms with Crippen LogP contribution in [0, 0.1) is 12.3 Å². The number of rotatable bonds is 2. The molecule has 0 spiro atoms. The summed E-state index contributed by atoms with van der Waals surface area (Å²) in [6.45, 7) is 5.24. The summed E-state index contributed by atoms with van der Waals surface area (Å²) in [5.41, 5.74) is 5.01. The van der Waals surface area contributed by atoms with Gasteiger partial charge in [-0.05, 0) is 41.0 Å². The fourth-order valence-electron chi connectivity index (χ4n) is 3.80. The normalized spacial score (nSPS) is 16.3. The summed E-state index contributed by atoms with van der Waals surface area (Å²) in [5, 5.41) is 11.2. The molecule has 1 aliphatic rings. The highest BCUT2D eigenvalue weighted by Gasteiger charge is 2.29. The third-order valence-corrected chi connectivity index (χ3v) is 5.78. The highest BCUT2D eigenvalue weighted by Crippen LogP contribution is 2.42. The molecule has 0 saturated heterocycles. The Hall–Kier alpha value is -2.13. The lowest BCUT2D eigenvalue weighted by Gasteiger charge is -2.21. The highest BCUT2D eigenvalue weighted by molar-refractivity contribution is 9.10. The number of amidine groups is 1. The zero-order chi connectivity index (χ0) is 17.6. The van der Waals surface area contributed by atoms with E-state index in [2.05, 4.69) is 89.3 Å². The molecule has 0 saturated carbocycles. The molecule has 0 fully saturated rings. The number of aryl methyl sites for hydroxylation is 1. The van der Waals surface area contributed by atoms with Gasteiger partial charge in [-0.3, -0.25) is 5.41 Å². The smallest absolute Gasteiger partial charge is 0.105 e. The predicted octanol–water partition coefficient (Wildman–Crippen LogP) is 6.05. The third kappa shape index (κ3) is 2.87. The van der Waals surface area contributed by atoms with Gasteiger partial charge in [0, 0.05) is 29.0 Å². The van der Waals surface area contributed by atoms with Crippen molar-refractivity contribution < 1.29 is 0 Å². The van der Waals surface area contributed by atoms with E-state index in [1.54, 1.807) is 0 Å². The number of fused-ring (bicyclic) bond motifs is 3. The quantitative estimate of drug-likeness (QED) is 0.416. The van der Waals surface area contributed by atoms with Crippen LogP contribution in [-0.2, 0) is 6.42 Å². The molecular formula is C22H21BrN2. The van der Waals surface area contributed by atoms with Crippen molar-refractivity contribution in [3.63, 3.8) is 0 Å². The van der Waals surface area contributed by atoms with Gasteiger partial charge in [0.05, 0.1) is 0 Å². The van der Waals surface area contributed by atoms with E-state index < -0.39 is 0 Å². The van der Waals surface area contributed by atoms with E-state index in [1.165, 1.54) is 33.2 Å². The summed E-state index contributed by atoms with van der Waals surface area (Å²) in [5.74, 6) is 1.09. The van der Waals surface area contributed by atoms with Crippen molar-refractivity contribution in [2.24, 2.45) is 0 Å². The van der Waals surface area contributed by atoms with Crippen LogP contribution in [0.5, 0.6) is 0 Å². The second-order valence-corrected chi connectivity index (χ2v) is 7.81. The minimum absolute atomic E-state index is 0.423. The van der Waals surface area contributed by atoms with Crippen molar-refractivity contribution in [2.75, 3.05) is 11.4 Å². The Balaban J connectivity index is 1.70. The largest absolute Gasteiger partial charge is 0.329 e. The molecule has 0 amide bonds. The lowest BCUT2D eigenvalue weighted by molar-refractivity contribution is 0.820. The van der Waals surface area contributed by atoms with Crippen LogP contribution in [0.4, 0.5) is 5.69 Å². The Morgan fingerprint density at radius 3 is 2.60 bits per heavy atom. The van der Waals surface area contributed by atoms with Crippen LogP contribution in [-0.4, -0.2) is 12.4 Å². The van der Waals surface area contributed by atoms with Gasteiger partial charge in [-0.15, -0.1) is 0 Å². The molecule has 3 aromatic carbocycles. The summed E-state index contributed by atoms with van der Waals surface area (Å²) >= 11 is 3.66. The predicted molar refractivity (Wildman–Crippen MR) is 110 cm³/mol. The summed E-state index contributed by atoms with van der Waals surface area (Å²) in [7, 11) is 0.